The molecule has 0 saturated heterocycles. The molecule has 2 rings (SSSR count). The van der Waals surface area contributed by atoms with Crippen molar-refractivity contribution >= 4 is 22.6 Å². The van der Waals surface area contributed by atoms with Crippen molar-refractivity contribution in [3.05, 3.63) is 48.0 Å². The van der Waals surface area contributed by atoms with Gasteiger partial charge in [-0.1, -0.05) is 42.5 Å². The second kappa shape index (κ2) is 6.37. The minimum absolute atomic E-state index is 0.380. The normalized spacial score (nSPS) is 13.6. The number of hydrogen-bond donors (Lipinski definition) is 3. The van der Waals surface area contributed by atoms with Crippen LogP contribution in [-0.2, 0) is 16.0 Å². The highest BCUT2D eigenvalue weighted by Crippen LogP contribution is 2.16. The molecule has 0 saturated carbocycles. The second-order valence-electron chi connectivity index (χ2n) is 5.12. The summed E-state index contributed by atoms with van der Waals surface area (Å²) >= 11 is 0. The van der Waals surface area contributed by atoms with Crippen molar-refractivity contribution in [2.24, 2.45) is 11.5 Å². The summed E-state index contributed by atoms with van der Waals surface area (Å²) in [6.45, 7) is 1.53. The van der Waals surface area contributed by atoms with Gasteiger partial charge in [-0.3, -0.25) is 9.59 Å². The summed E-state index contributed by atoms with van der Waals surface area (Å²) in [5.41, 5.74) is 12.0. The van der Waals surface area contributed by atoms with Crippen molar-refractivity contribution in [2.75, 3.05) is 0 Å². The fraction of sp³-hybridized carbons (Fsp3) is 0.250. The Morgan fingerprint density at radius 2 is 1.81 bits per heavy atom. The van der Waals surface area contributed by atoms with E-state index in [1.54, 1.807) is 0 Å². The van der Waals surface area contributed by atoms with Gasteiger partial charge in [0.25, 0.3) is 0 Å². The van der Waals surface area contributed by atoms with Gasteiger partial charge < -0.3 is 16.8 Å². The lowest BCUT2D eigenvalue weighted by atomic mass is 10.0. The number of hydrogen-bond acceptors (Lipinski definition) is 3. The predicted molar refractivity (Wildman–Crippen MR) is 82.4 cm³/mol. The number of carbonyl (C=O) groups excluding carboxylic acids is 2. The number of rotatable bonds is 5. The summed E-state index contributed by atoms with van der Waals surface area (Å²) in [6.07, 6.45) is 0.405. The van der Waals surface area contributed by atoms with Crippen molar-refractivity contribution < 1.29 is 9.59 Å². The lowest BCUT2D eigenvalue weighted by Crippen LogP contribution is -2.49. The third kappa shape index (κ3) is 3.79. The molecule has 0 fully saturated rings. The van der Waals surface area contributed by atoms with Crippen molar-refractivity contribution in [1.82, 2.24) is 5.32 Å². The van der Waals surface area contributed by atoms with Crippen molar-refractivity contribution in [3.63, 3.8) is 0 Å². The minimum Gasteiger partial charge on any atom is -0.368 e. The van der Waals surface area contributed by atoms with Crippen molar-refractivity contribution in [1.29, 1.82) is 0 Å². The highest BCUT2D eigenvalue weighted by molar-refractivity contribution is 5.89. The zero-order valence-corrected chi connectivity index (χ0v) is 11.9. The van der Waals surface area contributed by atoms with E-state index in [-0.39, 0.29) is 5.91 Å². The molecule has 0 aromatic heterocycles. The summed E-state index contributed by atoms with van der Waals surface area (Å²) in [7, 11) is 0. The Balaban J connectivity index is 2.05. The molecule has 2 atom stereocenters. The van der Waals surface area contributed by atoms with Crippen LogP contribution in [0, 0.1) is 0 Å². The Morgan fingerprint density at radius 1 is 1.14 bits per heavy atom. The Labute approximate surface area is 123 Å². The first-order valence-electron chi connectivity index (χ1n) is 6.80. The Hall–Kier alpha value is -2.40. The average Bonchev–Trinajstić information content (AvgIpc) is 2.46. The molecule has 0 radical (unpaired) electrons. The third-order valence-corrected chi connectivity index (χ3v) is 3.39. The van der Waals surface area contributed by atoms with E-state index >= 15 is 0 Å². The van der Waals surface area contributed by atoms with Crippen LogP contribution in [0.5, 0.6) is 0 Å². The summed E-state index contributed by atoms with van der Waals surface area (Å²) in [5, 5.41) is 4.74. The molecule has 2 aromatic rings. The average molecular weight is 285 g/mol. The molecule has 1 unspecified atom stereocenters. The molecule has 21 heavy (non-hydrogen) atoms. The van der Waals surface area contributed by atoms with E-state index < -0.39 is 18.0 Å². The van der Waals surface area contributed by atoms with Gasteiger partial charge in [0.05, 0.1) is 6.04 Å². The molecule has 0 aliphatic rings. The highest BCUT2D eigenvalue weighted by Gasteiger charge is 2.18. The maximum atomic E-state index is 11.9. The van der Waals surface area contributed by atoms with Crippen LogP contribution in [0.2, 0.25) is 0 Å². The zero-order valence-electron chi connectivity index (χ0n) is 11.9. The van der Waals surface area contributed by atoms with Gasteiger partial charge in [0, 0.05) is 0 Å². The SMILES string of the molecule is C[C@H](NC(=O)C(N)Cc1ccc2ccccc2c1)C(N)=O. The first-order valence-corrected chi connectivity index (χ1v) is 6.80. The molecule has 0 aliphatic heterocycles. The molecule has 2 aromatic carbocycles. The van der Waals surface area contributed by atoms with Crippen LogP contribution in [0.15, 0.2) is 42.5 Å². The lowest BCUT2D eigenvalue weighted by molar-refractivity contribution is -0.127. The fourth-order valence-corrected chi connectivity index (χ4v) is 2.10. The third-order valence-electron chi connectivity index (χ3n) is 3.39. The van der Waals surface area contributed by atoms with E-state index in [9.17, 15) is 9.59 Å². The fourth-order valence-electron chi connectivity index (χ4n) is 2.10. The first kappa shape index (κ1) is 15.0. The van der Waals surface area contributed by atoms with E-state index in [4.69, 9.17) is 11.5 Å². The molecule has 0 spiro atoms. The van der Waals surface area contributed by atoms with Gasteiger partial charge in [0.2, 0.25) is 11.8 Å². The van der Waals surface area contributed by atoms with Gasteiger partial charge in [-0.25, -0.2) is 0 Å². The Morgan fingerprint density at radius 3 is 2.48 bits per heavy atom. The Bertz CT molecular complexity index is 669. The van der Waals surface area contributed by atoms with Crippen LogP contribution in [0.25, 0.3) is 10.8 Å². The van der Waals surface area contributed by atoms with Crippen molar-refractivity contribution in [2.45, 2.75) is 25.4 Å². The van der Waals surface area contributed by atoms with Gasteiger partial charge in [0.15, 0.2) is 0 Å². The summed E-state index contributed by atoms with van der Waals surface area (Å²) in [4.78, 5) is 22.8. The number of benzene rings is 2. The topological polar surface area (TPSA) is 98.2 Å². The standard InChI is InChI=1S/C16H19N3O2/c1-10(15(18)20)19-16(21)14(17)9-11-6-7-12-4-2-3-5-13(12)8-11/h2-8,10,14H,9,17H2,1H3,(H2,18,20)(H,19,21)/t10-,14?/m0/s1. The molecule has 0 aliphatic carbocycles. The largest absolute Gasteiger partial charge is 0.368 e. The number of amides is 2. The van der Waals surface area contributed by atoms with Crippen LogP contribution in [0.1, 0.15) is 12.5 Å². The monoisotopic (exact) mass is 285 g/mol. The molecule has 0 heterocycles. The van der Waals surface area contributed by atoms with E-state index in [1.165, 1.54) is 6.92 Å². The van der Waals surface area contributed by atoms with Crippen LogP contribution < -0.4 is 16.8 Å². The summed E-state index contributed by atoms with van der Waals surface area (Å²) in [6, 6.07) is 12.5. The first-order chi connectivity index (χ1) is 9.97. The predicted octanol–water partition coefficient (Wildman–Crippen LogP) is 0.700. The van der Waals surface area contributed by atoms with Crippen LogP contribution >= 0.6 is 0 Å². The molecule has 2 amide bonds. The quantitative estimate of drug-likeness (QED) is 0.754. The van der Waals surface area contributed by atoms with Crippen LogP contribution in [0.4, 0.5) is 0 Å². The van der Waals surface area contributed by atoms with Crippen molar-refractivity contribution in [3.8, 4) is 0 Å². The molecule has 5 nitrogen and oxygen atoms in total. The molecular formula is C16H19N3O2. The Kier molecular flexibility index (Phi) is 4.55. The van der Waals surface area contributed by atoms with Gasteiger partial charge in [-0.15, -0.1) is 0 Å². The minimum atomic E-state index is -0.722. The van der Waals surface area contributed by atoms with Gasteiger partial charge in [-0.2, -0.15) is 0 Å². The highest BCUT2D eigenvalue weighted by atomic mass is 16.2. The lowest BCUT2D eigenvalue weighted by Gasteiger charge is -2.15. The maximum absolute atomic E-state index is 11.9. The number of nitrogens with two attached hydrogens (primary N) is 2. The van der Waals surface area contributed by atoms with E-state index in [1.807, 2.05) is 42.5 Å². The van der Waals surface area contributed by atoms with Crippen LogP contribution in [0.3, 0.4) is 0 Å². The molecule has 5 heteroatoms. The van der Waals surface area contributed by atoms with Crippen LogP contribution in [-0.4, -0.2) is 23.9 Å². The van der Waals surface area contributed by atoms with E-state index in [0.717, 1.165) is 16.3 Å². The molecule has 5 N–H and O–H groups in total. The second-order valence-corrected chi connectivity index (χ2v) is 5.12. The van der Waals surface area contributed by atoms with E-state index in [2.05, 4.69) is 5.32 Å². The summed E-state index contributed by atoms with van der Waals surface area (Å²) in [5.74, 6) is -0.962. The molecule has 0 bridgehead atoms. The number of carbonyl (C=O) groups is 2. The molecule has 110 valence electrons. The maximum Gasteiger partial charge on any atom is 0.239 e. The summed E-state index contributed by atoms with van der Waals surface area (Å²) < 4.78 is 0. The van der Waals surface area contributed by atoms with Gasteiger partial charge >= 0.3 is 0 Å². The molecular weight excluding hydrogens is 266 g/mol. The van der Waals surface area contributed by atoms with Gasteiger partial charge in [0.1, 0.15) is 6.04 Å². The smallest absolute Gasteiger partial charge is 0.239 e. The number of primary amides is 1. The number of fused-ring (bicyclic) bond motifs is 1. The van der Waals surface area contributed by atoms with E-state index in [0.29, 0.717) is 6.42 Å². The van der Waals surface area contributed by atoms with Gasteiger partial charge in [-0.05, 0) is 29.7 Å². The number of nitrogens with one attached hydrogen (secondary N) is 1. The zero-order chi connectivity index (χ0) is 15.4.